The van der Waals surface area contributed by atoms with E-state index in [0.29, 0.717) is 16.8 Å². The van der Waals surface area contributed by atoms with Gasteiger partial charge in [-0.3, -0.25) is 9.59 Å². The summed E-state index contributed by atoms with van der Waals surface area (Å²) in [5, 5.41) is 5.78. The minimum Gasteiger partial charge on any atom is -0.444 e. The Hall–Kier alpha value is -3.79. The molecule has 7 heteroatoms. The van der Waals surface area contributed by atoms with Gasteiger partial charge in [0.05, 0.1) is 0 Å². The topological polar surface area (TPSA) is 87.7 Å². The third kappa shape index (κ3) is 6.95. The predicted molar refractivity (Wildman–Crippen MR) is 149 cm³/mol. The number of carbonyl (C=O) groups excluding carboxylic acids is 3. The van der Waals surface area contributed by atoms with E-state index >= 15 is 0 Å². The fourth-order valence-corrected chi connectivity index (χ4v) is 4.48. The number of aryl methyl sites for hydroxylation is 1. The number of carbonyl (C=O) groups is 3. The van der Waals surface area contributed by atoms with E-state index in [0.717, 1.165) is 12.0 Å². The number of terminal acetylenes is 1. The van der Waals surface area contributed by atoms with Crippen molar-refractivity contribution < 1.29 is 19.1 Å². The summed E-state index contributed by atoms with van der Waals surface area (Å²) < 4.78 is 5.44. The highest BCUT2D eigenvalue weighted by Crippen LogP contribution is 2.42. The van der Waals surface area contributed by atoms with Crippen LogP contribution in [0.25, 0.3) is 0 Å². The molecule has 0 radical (unpaired) electrons. The van der Waals surface area contributed by atoms with Crippen molar-refractivity contribution in [2.45, 2.75) is 78.6 Å². The molecule has 2 aromatic rings. The maximum atomic E-state index is 14.3. The van der Waals surface area contributed by atoms with Crippen LogP contribution in [0.3, 0.4) is 0 Å². The van der Waals surface area contributed by atoms with Crippen molar-refractivity contribution in [3.8, 4) is 12.3 Å². The number of hydrogen-bond donors (Lipinski definition) is 2. The molecule has 3 amide bonds. The maximum Gasteiger partial charge on any atom is 0.408 e. The van der Waals surface area contributed by atoms with Crippen molar-refractivity contribution >= 4 is 23.6 Å². The van der Waals surface area contributed by atoms with Gasteiger partial charge in [-0.1, -0.05) is 63.1 Å². The lowest BCUT2D eigenvalue weighted by Gasteiger charge is -2.36. The molecular formula is C31H39N3O4. The normalized spacial score (nSPS) is 18.1. The summed E-state index contributed by atoms with van der Waals surface area (Å²) in [5.74, 6) is 1.90. The Labute approximate surface area is 226 Å². The van der Waals surface area contributed by atoms with Gasteiger partial charge in [-0.05, 0) is 69.2 Å². The summed E-state index contributed by atoms with van der Waals surface area (Å²) >= 11 is 0. The largest absolute Gasteiger partial charge is 0.444 e. The standard InChI is InChI=1S/C31H39N3O4/c1-9-22-15-11-12-16-23(22)27(28(35)32-24-17-13-10-14-20(24)4)34(25-18-21(25)5)29(36)26(19(2)3)33-30(37)38-31(6,7)8/h1,10-17,19,21,25-27H,18H2,2-8H3,(H,32,35)(H,33,37). The third-order valence-corrected chi connectivity index (χ3v) is 6.62. The Morgan fingerprint density at radius 2 is 1.68 bits per heavy atom. The number of nitrogens with one attached hydrogen (secondary N) is 2. The summed E-state index contributed by atoms with van der Waals surface area (Å²) in [6, 6.07) is 12.6. The number of rotatable bonds is 8. The first-order valence-corrected chi connectivity index (χ1v) is 13.1. The van der Waals surface area contributed by atoms with Crippen molar-refractivity contribution in [2.24, 2.45) is 11.8 Å². The Morgan fingerprint density at radius 1 is 1.08 bits per heavy atom. The fourth-order valence-electron chi connectivity index (χ4n) is 4.48. The van der Waals surface area contributed by atoms with Crippen LogP contribution in [0.5, 0.6) is 0 Å². The van der Waals surface area contributed by atoms with E-state index in [-0.39, 0.29) is 29.7 Å². The fraction of sp³-hybridized carbons (Fsp3) is 0.452. The van der Waals surface area contributed by atoms with Crippen molar-refractivity contribution in [1.29, 1.82) is 0 Å². The van der Waals surface area contributed by atoms with Crippen LogP contribution in [0.1, 0.15) is 70.7 Å². The van der Waals surface area contributed by atoms with Gasteiger partial charge in [0.15, 0.2) is 0 Å². The molecule has 0 bridgehead atoms. The monoisotopic (exact) mass is 517 g/mol. The second-order valence-corrected chi connectivity index (χ2v) is 11.3. The van der Waals surface area contributed by atoms with Gasteiger partial charge < -0.3 is 20.3 Å². The summed E-state index contributed by atoms with van der Waals surface area (Å²) in [7, 11) is 0. The van der Waals surface area contributed by atoms with Crippen LogP contribution < -0.4 is 10.6 Å². The minimum atomic E-state index is -0.994. The SMILES string of the molecule is C#Cc1ccccc1C(C(=O)Nc1ccccc1C)N(C(=O)C(NC(=O)OC(C)(C)C)C(C)C)C1CC1C. The number of para-hydroxylation sites is 1. The highest BCUT2D eigenvalue weighted by atomic mass is 16.6. The zero-order chi connectivity index (χ0) is 28.2. The molecule has 202 valence electrons. The Balaban J connectivity index is 2.07. The molecule has 1 saturated carbocycles. The van der Waals surface area contributed by atoms with E-state index in [2.05, 4.69) is 16.6 Å². The highest BCUT2D eigenvalue weighted by molar-refractivity contribution is 6.00. The lowest BCUT2D eigenvalue weighted by Crippen LogP contribution is -2.55. The Bertz CT molecular complexity index is 1220. The van der Waals surface area contributed by atoms with Gasteiger partial charge >= 0.3 is 6.09 Å². The highest BCUT2D eigenvalue weighted by Gasteiger charge is 2.49. The van der Waals surface area contributed by atoms with Crippen molar-refractivity contribution in [2.75, 3.05) is 5.32 Å². The van der Waals surface area contributed by atoms with Gasteiger partial charge in [-0.15, -0.1) is 6.42 Å². The van der Waals surface area contributed by atoms with E-state index in [9.17, 15) is 14.4 Å². The lowest BCUT2D eigenvalue weighted by atomic mass is 9.95. The number of hydrogen-bond acceptors (Lipinski definition) is 4. The Morgan fingerprint density at radius 3 is 2.24 bits per heavy atom. The second-order valence-electron chi connectivity index (χ2n) is 11.3. The number of ether oxygens (including phenoxy) is 1. The van der Waals surface area contributed by atoms with Crippen LogP contribution in [0.15, 0.2) is 48.5 Å². The molecule has 0 heterocycles. The molecule has 1 aliphatic carbocycles. The molecule has 3 rings (SSSR count). The molecule has 38 heavy (non-hydrogen) atoms. The van der Waals surface area contributed by atoms with Crippen LogP contribution in [0, 0.1) is 31.1 Å². The molecule has 1 aliphatic rings. The van der Waals surface area contributed by atoms with Crippen LogP contribution in [-0.2, 0) is 14.3 Å². The van der Waals surface area contributed by atoms with E-state index in [1.807, 2.05) is 64.1 Å². The summed E-state index contributed by atoms with van der Waals surface area (Å²) in [6.07, 6.45) is 5.90. The van der Waals surface area contributed by atoms with Gasteiger partial charge in [0.25, 0.3) is 5.91 Å². The van der Waals surface area contributed by atoms with Crippen LogP contribution in [-0.4, -0.2) is 40.5 Å². The van der Waals surface area contributed by atoms with Crippen LogP contribution in [0.2, 0.25) is 0 Å². The number of anilines is 1. The zero-order valence-corrected chi connectivity index (χ0v) is 23.4. The van der Waals surface area contributed by atoms with Crippen LogP contribution in [0.4, 0.5) is 10.5 Å². The van der Waals surface area contributed by atoms with Gasteiger partial charge in [0.1, 0.15) is 17.7 Å². The molecule has 7 nitrogen and oxygen atoms in total. The minimum absolute atomic E-state index is 0.178. The third-order valence-electron chi connectivity index (χ3n) is 6.62. The number of nitrogens with zero attached hydrogens (tertiary/aromatic N) is 1. The zero-order valence-electron chi connectivity index (χ0n) is 23.4. The first-order valence-electron chi connectivity index (χ1n) is 13.1. The Kier molecular flexibility index (Phi) is 8.88. The average Bonchev–Trinajstić information content (AvgIpc) is 3.56. The number of amides is 3. The lowest BCUT2D eigenvalue weighted by molar-refractivity contribution is -0.142. The van der Waals surface area contributed by atoms with Gasteiger partial charge in [-0.25, -0.2) is 4.79 Å². The second kappa shape index (κ2) is 11.7. The summed E-state index contributed by atoms with van der Waals surface area (Å²) in [4.78, 5) is 42.6. The smallest absolute Gasteiger partial charge is 0.408 e. The summed E-state index contributed by atoms with van der Waals surface area (Å²) in [5.41, 5.74) is 1.93. The molecule has 0 aromatic heterocycles. The van der Waals surface area contributed by atoms with Gasteiger partial charge in [-0.2, -0.15) is 0 Å². The first-order chi connectivity index (χ1) is 17.8. The van der Waals surface area contributed by atoms with Crippen LogP contribution >= 0.6 is 0 Å². The molecule has 4 atom stereocenters. The molecule has 2 aromatic carbocycles. The van der Waals surface area contributed by atoms with E-state index in [4.69, 9.17) is 11.2 Å². The summed E-state index contributed by atoms with van der Waals surface area (Å²) in [6.45, 7) is 12.9. The van der Waals surface area contributed by atoms with E-state index in [1.165, 1.54) is 0 Å². The average molecular weight is 518 g/mol. The maximum absolute atomic E-state index is 14.3. The first kappa shape index (κ1) is 28.8. The molecule has 2 N–H and O–H groups in total. The molecule has 0 spiro atoms. The molecule has 0 aliphatic heterocycles. The molecule has 1 fully saturated rings. The van der Waals surface area contributed by atoms with Gasteiger partial charge in [0, 0.05) is 17.3 Å². The predicted octanol–water partition coefficient (Wildman–Crippen LogP) is 5.44. The quantitative estimate of drug-likeness (QED) is 0.456. The molecular weight excluding hydrogens is 478 g/mol. The molecule has 0 saturated heterocycles. The van der Waals surface area contributed by atoms with Crippen molar-refractivity contribution in [3.05, 3.63) is 65.2 Å². The van der Waals surface area contributed by atoms with E-state index in [1.54, 1.807) is 37.8 Å². The molecule has 4 unspecified atom stereocenters. The number of benzene rings is 2. The van der Waals surface area contributed by atoms with Gasteiger partial charge in [0.2, 0.25) is 5.91 Å². The van der Waals surface area contributed by atoms with E-state index < -0.39 is 23.8 Å². The number of alkyl carbamates (subject to hydrolysis) is 1. The van der Waals surface area contributed by atoms with Crippen molar-refractivity contribution in [1.82, 2.24) is 10.2 Å². The van der Waals surface area contributed by atoms with Crippen molar-refractivity contribution in [3.63, 3.8) is 0 Å².